The van der Waals surface area contributed by atoms with Crippen molar-refractivity contribution in [2.24, 2.45) is 0 Å². The van der Waals surface area contributed by atoms with Gasteiger partial charge in [0, 0.05) is 31.5 Å². The lowest BCUT2D eigenvalue weighted by Crippen LogP contribution is -2.22. The van der Waals surface area contributed by atoms with Crippen LogP contribution in [0.2, 0.25) is 0 Å². The number of hydrogen-bond donors (Lipinski definition) is 1. The fourth-order valence-electron chi connectivity index (χ4n) is 1.74. The second kappa shape index (κ2) is 9.05. The molecule has 1 fully saturated rings. The van der Waals surface area contributed by atoms with E-state index in [1.54, 1.807) is 0 Å². The first-order valence-corrected chi connectivity index (χ1v) is 7.36. The van der Waals surface area contributed by atoms with Crippen LogP contribution in [0.5, 0.6) is 0 Å². The maximum atomic E-state index is 4.94. The predicted octanol–water partition coefficient (Wildman–Crippen LogP) is 3.50. The Morgan fingerprint density at radius 1 is 1.16 bits per heavy atom. The van der Waals surface area contributed by atoms with Crippen molar-refractivity contribution in [1.29, 1.82) is 0 Å². The summed E-state index contributed by atoms with van der Waals surface area (Å²) in [6.45, 7) is 11.5. The molecule has 0 saturated carbocycles. The lowest BCUT2D eigenvalue weighted by molar-refractivity contribution is 0.198. The molecule has 1 aromatic rings. The zero-order chi connectivity index (χ0) is 14.1. The van der Waals surface area contributed by atoms with E-state index in [-0.39, 0.29) is 0 Å². The summed E-state index contributed by atoms with van der Waals surface area (Å²) in [6.07, 6.45) is 2.56. The van der Waals surface area contributed by atoms with E-state index in [0.717, 1.165) is 25.5 Å². The summed E-state index contributed by atoms with van der Waals surface area (Å²) in [4.78, 5) is 4.58. The van der Waals surface area contributed by atoms with Crippen molar-refractivity contribution in [2.45, 2.75) is 59.0 Å². The van der Waals surface area contributed by atoms with Crippen molar-refractivity contribution in [3.8, 4) is 0 Å². The lowest BCUT2D eigenvalue weighted by atomic mass is 10.1. The van der Waals surface area contributed by atoms with Gasteiger partial charge < -0.3 is 10.1 Å². The molecule has 0 unspecified atom stereocenters. The molecule has 1 aliphatic heterocycles. The van der Waals surface area contributed by atoms with Gasteiger partial charge in [-0.3, -0.25) is 4.98 Å². The third kappa shape index (κ3) is 7.28. The Morgan fingerprint density at radius 3 is 2.32 bits per heavy atom. The summed E-state index contributed by atoms with van der Waals surface area (Å²) in [7, 11) is 0. The Balaban J connectivity index is 0.000000300. The number of nitrogens with one attached hydrogen (secondary N) is 1. The molecule has 0 spiro atoms. The first kappa shape index (κ1) is 16.1. The van der Waals surface area contributed by atoms with Gasteiger partial charge in [0.2, 0.25) is 0 Å². The minimum absolute atomic E-state index is 0.508. The molecule has 0 radical (unpaired) electrons. The monoisotopic (exact) mass is 264 g/mol. The minimum Gasteiger partial charge on any atom is -0.381 e. The Morgan fingerprint density at radius 2 is 1.84 bits per heavy atom. The Labute approximate surface area is 117 Å². The number of rotatable bonds is 4. The second-order valence-corrected chi connectivity index (χ2v) is 5.56. The van der Waals surface area contributed by atoms with E-state index in [9.17, 15) is 0 Å². The predicted molar refractivity (Wildman–Crippen MR) is 80.4 cm³/mol. The van der Waals surface area contributed by atoms with Gasteiger partial charge in [-0.1, -0.05) is 33.8 Å². The summed E-state index contributed by atoms with van der Waals surface area (Å²) in [5.74, 6) is 0.508. The maximum absolute atomic E-state index is 4.94. The smallest absolute Gasteiger partial charge is 0.0545 e. The highest BCUT2D eigenvalue weighted by Gasteiger charge is 2.02. The van der Waals surface area contributed by atoms with Gasteiger partial charge in [-0.25, -0.2) is 0 Å². The average molecular weight is 264 g/mol. The van der Waals surface area contributed by atoms with Crippen molar-refractivity contribution >= 4 is 0 Å². The van der Waals surface area contributed by atoms with E-state index in [4.69, 9.17) is 4.74 Å². The van der Waals surface area contributed by atoms with Gasteiger partial charge in [-0.2, -0.15) is 0 Å². The second-order valence-electron chi connectivity index (χ2n) is 5.56. The largest absolute Gasteiger partial charge is 0.381 e. The number of hydrogen-bond acceptors (Lipinski definition) is 3. The van der Waals surface area contributed by atoms with Gasteiger partial charge in [0.1, 0.15) is 0 Å². The van der Waals surface area contributed by atoms with E-state index < -0.39 is 0 Å². The molecule has 3 heteroatoms. The molecule has 0 bridgehead atoms. The van der Waals surface area contributed by atoms with Gasteiger partial charge in [0.05, 0.1) is 5.69 Å². The molecular formula is C16H28N2O. The molecule has 1 N–H and O–H groups in total. The molecule has 108 valence electrons. The van der Waals surface area contributed by atoms with Crippen LogP contribution in [0.1, 0.15) is 57.8 Å². The molecule has 1 aromatic heterocycles. The van der Waals surface area contributed by atoms with Crippen molar-refractivity contribution in [3.63, 3.8) is 0 Å². The van der Waals surface area contributed by atoms with E-state index in [2.05, 4.69) is 56.2 Å². The number of ether oxygens (including phenoxy) is 1. The fraction of sp³-hybridized carbons (Fsp3) is 0.688. The molecule has 0 aliphatic carbocycles. The van der Waals surface area contributed by atoms with E-state index >= 15 is 0 Å². The summed E-state index contributed by atoms with van der Waals surface area (Å²) in [6, 6.07) is 6.75. The SMILES string of the molecule is C1CCOC1.CC(C)NCc1cccc(C(C)C)n1. The highest BCUT2D eigenvalue weighted by atomic mass is 16.5. The molecule has 0 amide bonds. The molecule has 0 aromatic carbocycles. The van der Waals surface area contributed by atoms with E-state index in [1.165, 1.54) is 18.5 Å². The zero-order valence-corrected chi connectivity index (χ0v) is 12.8. The molecule has 3 nitrogen and oxygen atoms in total. The third-order valence-corrected chi connectivity index (χ3v) is 2.94. The van der Waals surface area contributed by atoms with Gasteiger partial charge in [0.25, 0.3) is 0 Å². The summed E-state index contributed by atoms with van der Waals surface area (Å²) in [5, 5.41) is 3.37. The molecule has 0 atom stereocenters. The van der Waals surface area contributed by atoms with Crippen LogP contribution >= 0.6 is 0 Å². The Hall–Kier alpha value is -0.930. The third-order valence-electron chi connectivity index (χ3n) is 2.94. The number of nitrogens with zero attached hydrogens (tertiary/aromatic N) is 1. The molecule has 1 saturated heterocycles. The van der Waals surface area contributed by atoms with Crippen LogP contribution in [0.15, 0.2) is 18.2 Å². The van der Waals surface area contributed by atoms with Crippen LogP contribution in [0.3, 0.4) is 0 Å². The average Bonchev–Trinajstić information content (AvgIpc) is 2.96. The lowest BCUT2D eigenvalue weighted by Gasteiger charge is -2.09. The van der Waals surface area contributed by atoms with E-state index in [1.807, 2.05) is 0 Å². The number of pyridine rings is 1. The normalized spacial score (nSPS) is 14.6. The maximum Gasteiger partial charge on any atom is 0.0545 e. The fourth-order valence-corrected chi connectivity index (χ4v) is 1.74. The molecule has 2 heterocycles. The van der Waals surface area contributed by atoms with Crippen molar-refractivity contribution in [2.75, 3.05) is 13.2 Å². The summed E-state index contributed by atoms with van der Waals surface area (Å²) < 4.78 is 4.94. The van der Waals surface area contributed by atoms with Gasteiger partial charge in [-0.05, 0) is 30.9 Å². The molecule has 1 aliphatic rings. The number of aromatic nitrogens is 1. The van der Waals surface area contributed by atoms with Crippen LogP contribution in [0.4, 0.5) is 0 Å². The van der Waals surface area contributed by atoms with E-state index in [0.29, 0.717) is 12.0 Å². The molecule has 19 heavy (non-hydrogen) atoms. The molecule has 2 rings (SSSR count). The molecular weight excluding hydrogens is 236 g/mol. The highest BCUT2D eigenvalue weighted by Crippen LogP contribution is 2.11. The van der Waals surface area contributed by atoms with Crippen molar-refractivity contribution in [1.82, 2.24) is 10.3 Å². The Bertz CT molecular complexity index is 339. The minimum atomic E-state index is 0.508. The van der Waals surface area contributed by atoms with Gasteiger partial charge in [0.15, 0.2) is 0 Å². The van der Waals surface area contributed by atoms with Crippen LogP contribution in [0, 0.1) is 0 Å². The zero-order valence-electron chi connectivity index (χ0n) is 12.8. The Kier molecular flexibility index (Phi) is 7.68. The van der Waals surface area contributed by atoms with Crippen LogP contribution < -0.4 is 5.32 Å². The van der Waals surface area contributed by atoms with Crippen LogP contribution in [-0.4, -0.2) is 24.2 Å². The van der Waals surface area contributed by atoms with Crippen LogP contribution in [-0.2, 0) is 11.3 Å². The summed E-state index contributed by atoms with van der Waals surface area (Å²) >= 11 is 0. The first-order valence-electron chi connectivity index (χ1n) is 7.36. The quantitative estimate of drug-likeness (QED) is 0.903. The van der Waals surface area contributed by atoms with Crippen LogP contribution in [0.25, 0.3) is 0 Å². The van der Waals surface area contributed by atoms with Gasteiger partial charge >= 0.3 is 0 Å². The van der Waals surface area contributed by atoms with Crippen molar-refractivity contribution in [3.05, 3.63) is 29.6 Å². The highest BCUT2D eigenvalue weighted by molar-refractivity contribution is 5.13. The summed E-state index contributed by atoms with van der Waals surface area (Å²) in [5.41, 5.74) is 2.30. The topological polar surface area (TPSA) is 34.1 Å². The van der Waals surface area contributed by atoms with Gasteiger partial charge in [-0.15, -0.1) is 0 Å². The first-order chi connectivity index (χ1) is 9.09. The standard InChI is InChI=1S/C12H20N2.C4H8O/c1-9(2)12-7-5-6-11(14-12)8-13-10(3)4;1-2-4-5-3-1/h5-7,9-10,13H,8H2,1-4H3;1-4H2. The van der Waals surface area contributed by atoms with Crippen molar-refractivity contribution < 1.29 is 4.74 Å².